The molecule has 3 rings (SSSR count). The van der Waals surface area contributed by atoms with Gasteiger partial charge in [0.2, 0.25) is 0 Å². The molecule has 1 saturated carbocycles. The van der Waals surface area contributed by atoms with E-state index in [1.807, 2.05) is 27.7 Å². The maximum absolute atomic E-state index is 12.8. The third-order valence-electron chi connectivity index (χ3n) is 7.10. The van der Waals surface area contributed by atoms with Crippen molar-refractivity contribution in [3.63, 3.8) is 0 Å². The highest BCUT2D eigenvalue weighted by Crippen LogP contribution is 2.52. The van der Waals surface area contributed by atoms with Crippen LogP contribution in [0.2, 0.25) is 0 Å². The van der Waals surface area contributed by atoms with E-state index in [2.05, 4.69) is 0 Å². The van der Waals surface area contributed by atoms with Gasteiger partial charge in [0, 0.05) is 17.3 Å². The highest BCUT2D eigenvalue weighted by molar-refractivity contribution is 5.88. The quantitative estimate of drug-likeness (QED) is 0.667. The van der Waals surface area contributed by atoms with Crippen molar-refractivity contribution in [3.05, 3.63) is 11.1 Å². The molecule has 0 aromatic rings. The minimum atomic E-state index is -1.10. The highest BCUT2D eigenvalue weighted by atomic mass is 16.5. The number of ether oxygens (including phenoxy) is 1. The third-order valence-corrected chi connectivity index (χ3v) is 7.10. The summed E-state index contributed by atoms with van der Waals surface area (Å²) < 4.78 is 5.69. The van der Waals surface area contributed by atoms with Crippen molar-refractivity contribution in [2.45, 2.75) is 84.0 Å². The van der Waals surface area contributed by atoms with Gasteiger partial charge >= 0.3 is 0 Å². The predicted octanol–water partition coefficient (Wildman–Crippen LogP) is 3.01. The summed E-state index contributed by atoms with van der Waals surface area (Å²) in [6, 6.07) is 0. The van der Waals surface area contributed by atoms with E-state index in [4.69, 9.17) is 4.74 Å². The fourth-order valence-electron chi connectivity index (χ4n) is 4.99. The number of fused-ring (bicyclic) bond motifs is 3. The van der Waals surface area contributed by atoms with E-state index in [0.717, 1.165) is 43.4 Å². The van der Waals surface area contributed by atoms with Crippen LogP contribution in [0.3, 0.4) is 0 Å². The Balaban J connectivity index is 1.99. The number of ketones is 1. The molecule has 2 aliphatic carbocycles. The summed E-state index contributed by atoms with van der Waals surface area (Å²) in [4.78, 5) is 12.8. The molecule has 4 unspecified atom stereocenters. The van der Waals surface area contributed by atoms with Crippen LogP contribution in [0.5, 0.6) is 0 Å². The Morgan fingerprint density at radius 3 is 2.50 bits per heavy atom. The lowest BCUT2D eigenvalue weighted by molar-refractivity contribution is -0.146. The second-order valence-corrected chi connectivity index (χ2v) is 8.80. The van der Waals surface area contributed by atoms with E-state index in [0.29, 0.717) is 18.8 Å². The number of aliphatic hydroxyl groups is 2. The molecule has 0 aromatic carbocycles. The van der Waals surface area contributed by atoms with Crippen LogP contribution in [0.15, 0.2) is 11.1 Å². The molecule has 5 atom stereocenters. The second-order valence-electron chi connectivity index (χ2n) is 8.80. The molecule has 0 spiro atoms. The standard InChI is InChI=1S/C20H32O4/c1-12-7-9-20(23)10-8-14-11-24-15(14)6-5-13(2)17(21)18(22)16(12)19(20,3)4/h13-15,18,22-23H,5-11H2,1-4H3/t13?,14?,15?,18-,20?/m1/s1. The molecule has 2 N–H and O–H groups in total. The van der Waals surface area contributed by atoms with Gasteiger partial charge in [-0.05, 0) is 51.0 Å². The summed E-state index contributed by atoms with van der Waals surface area (Å²) in [5, 5.41) is 22.3. The lowest BCUT2D eigenvalue weighted by atomic mass is 9.58. The van der Waals surface area contributed by atoms with E-state index >= 15 is 0 Å². The molecular weight excluding hydrogens is 304 g/mol. The monoisotopic (exact) mass is 336 g/mol. The molecule has 4 heteroatoms. The number of carbonyl (C=O) groups is 1. The summed E-state index contributed by atoms with van der Waals surface area (Å²) in [6.45, 7) is 8.66. The first kappa shape index (κ1) is 18.1. The highest BCUT2D eigenvalue weighted by Gasteiger charge is 2.52. The number of allylic oxidation sites excluding steroid dienone is 1. The Kier molecular flexibility index (Phi) is 4.69. The van der Waals surface area contributed by atoms with E-state index in [-0.39, 0.29) is 17.8 Å². The van der Waals surface area contributed by atoms with Crippen molar-refractivity contribution in [1.29, 1.82) is 0 Å². The first-order valence-electron chi connectivity index (χ1n) is 9.43. The third kappa shape index (κ3) is 2.77. The molecule has 136 valence electrons. The first-order chi connectivity index (χ1) is 11.2. The van der Waals surface area contributed by atoms with Crippen LogP contribution in [-0.2, 0) is 9.53 Å². The smallest absolute Gasteiger partial charge is 0.168 e. The van der Waals surface area contributed by atoms with Gasteiger partial charge in [-0.15, -0.1) is 0 Å². The van der Waals surface area contributed by atoms with Crippen molar-refractivity contribution in [1.82, 2.24) is 0 Å². The molecule has 0 radical (unpaired) electrons. The number of carbonyl (C=O) groups excluding carboxylic acids is 1. The summed E-state index contributed by atoms with van der Waals surface area (Å²) >= 11 is 0. The molecule has 2 bridgehead atoms. The van der Waals surface area contributed by atoms with Gasteiger partial charge in [-0.25, -0.2) is 0 Å². The summed E-state index contributed by atoms with van der Waals surface area (Å²) in [5.41, 5.74) is 0.365. The number of Topliss-reactive ketones (excluding diaryl/α,β-unsaturated/α-hetero) is 1. The Labute approximate surface area is 145 Å². The van der Waals surface area contributed by atoms with Crippen molar-refractivity contribution >= 4 is 5.78 Å². The van der Waals surface area contributed by atoms with Crippen LogP contribution < -0.4 is 0 Å². The summed E-state index contributed by atoms with van der Waals surface area (Å²) in [5.74, 6) is 0.195. The van der Waals surface area contributed by atoms with E-state index < -0.39 is 17.1 Å². The SMILES string of the molecule is CC1=C2[C@@H](O)C(=O)C(C)CCC3OCC3CCC(O)(CC1)C2(C)C. The Hall–Kier alpha value is -0.710. The fraction of sp³-hybridized carbons (Fsp3) is 0.850. The summed E-state index contributed by atoms with van der Waals surface area (Å²) in [7, 11) is 0. The zero-order chi connectivity index (χ0) is 17.7. The molecule has 0 amide bonds. The molecule has 24 heavy (non-hydrogen) atoms. The molecule has 2 fully saturated rings. The normalized spacial score (nSPS) is 43.3. The lowest BCUT2D eigenvalue weighted by Gasteiger charge is -2.51. The van der Waals surface area contributed by atoms with Gasteiger partial charge in [0.25, 0.3) is 0 Å². The van der Waals surface area contributed by atoms with Crippen molar-refractivity contribution in [2.75, 3.05) is 6.61 Å². The minimum Gasteiger partial charge on any atom is -0.389 e. The van der Waals surface area contributed by atoms with Gasteiger partial charge in [0.15, 0.2) is 5.78 Å². The van der Waals surface area contributed by atoms with Crippen LogP contribution in [-0.4, -0.2) is 40.4 Å². The van der Waals surface area contributed by atoms with Gasteiger partial charge in [-0.2, -0.15) is 0 Å². The van der Waals surface area contributed by atoms with Gasteiger partial charge in [0.1, 0.15) is 6.10 Å². The van der Waals surface area contributed by atoms with Crippen LogP contribution >= 0.6 is 0 Å². The van der Waals surface area contributed by atoms with E-state index in [9.17, 15) is 15.0 Å². The van der Waals surface area contributed by atoms with Crippen molar-refractivity contribution < 1.29 is 19.7 Å². The van der Waals surface area contributed by atoms with Crippen LogP contribution in [0.1, 0.15) is 66.2 Å². The molecule has 4 nitrogen and oxygen atoms in total. The second kappa shape index (κ2) is 6.22. The van der Waals surface area contributed by atoms with Gasteiger partial charge in [-0.3, -0.25) is 4.79 Å². The lowest BCUT2D eigenvalue weighted by Crippen LogP contribution is -2.53. The average molecular weight is 336 g/mol. The Morgan fingerprint density at radius 2 is 1.88 bits per heavy atom. The molecule has 1 aliphatic heterocycles. The molecule has 1 saturated heterocycles. The molecular formula is C20H32O4. The Bertz CT molecular complexity index is 550. The number of hydrogen-bond acceptors (Lipinski definition) is 4. The predicted molar refractivity (Wildman–Crippen MR) is 92.5 cm³/mol. The number of aliphatic hydroxyl groups excluding tert-OH is 1. The largest absolute Gasteiger partial charge is 0.389 e. The molecule has 3 aliphatic rings. The maximum Gasteiger partial charge on any atom is 0.168 e. The maximum atomic E-state index is 12.8. The number of rotatable bonds is 0. The van der Waals surface area contributed by atoms with E-state index in [1.165, 1.54) is 0 Å². The summed E-state index contributed by atoms with van der Waals surface area (Å²) in [6.07, 6.45) is 3.84. The zero-order valence-electron chi connectivity index (χ0n) is 15.5. The molecule has 1 heterocycles. The van der Waals surface area contributed by atoms with Gasteiger partial charge < -0.3 is 14.9 Å². The van der Waals surface area contributed by atoms with Crippen LogP contribution in [0, 0.1) is 17.3 Å². The van der Waals surface area contributed by atoms with Crippen molar-refractivity contribution in [3.8, 4) is 0 Å². The van der Waals surface area contributed by atoms with Gasteiger partial charge in [-0.1, -0.05) is 26.3 Å². The minimum absolute atomic E-state index is 0.113. The average Bonchev–Trinajstić information content (AvgIpc) is 2.49. The topological polar surface area (TPSA) is 66.8 Å². The van der Waals surface area contributed by atoms with Gasteiger partial charge in [0.05, 0.1) is 18.3 Å². The molecule has 0 aromatic heterocycles. The first-order valence-corrected chi connectivity index (χ1v) is 9.43. The van der Waals surface area contributed by atoms with E-state index in [1.54, 1.807) is 0 Å². The van der Waals surface area contributed by atoms with Crippen molar-refractivity contribution in [2.24, 2.45) is 17.3 Å². The number of hydrogen-bond donors (Lipinski definition) is 2. The Morgan fingerprint density at radius 1 is 1.17 bits per heavy atom. The fourth-order valence-corrected chi connectivity index (χ4v) is 4.99. The van der Waals surface area contributed by atoms with Crippen LogP contribution in [0.4, 0.5) is 0 Å². The zero-order valence-corrected chi connectivity index (χ0v) is 15.5. The van der Waals surface area contributed by atoms with Crippen LogP contribution in [0.25, 0.3) is 0 Å².